The fourth-order valence-electron chi connectivity index (χ4n) is 1.76. The van der Waals surface area contributed by atoms with Gasteiger partial charge in [-0.3, -0.25) is 0 Å². The van der Waals surface area contributed by atoms with Crippen molar-refractivity contribution in [2.24, 2.45) is 0 Å². The molecule has 1 aliphatic heterocycles. The molecular formula is C11H22O4. The molecule has 1 fully saturated rings. The second kappa shape index (κ2) is 5.80. The summed E-state index contributed by atoms with van der Waals surface area (Å²) in [7, 11) is 1.65. The van der Waals surface area contributed by atoms with Gasteiger partial charge < -0.3 is 19.3 Å². The van der Waals surface area contributed by atoms with Gasteiger partial charge in [0.1, 0.15) is 0 Å². The Kier molecular flexibility index (Phi) is 4.99. The zero-order valence-electron chi connectivity index (χ0n) is 9.86. The van der Waals surface area contributed by atoms with Crippen LogP contribution in [0.15, 0.2) is 0 Å². The van der Waals surface area contributed by atoms with Gasteiger partial charge in [-0.25, -0.2) is 0 Å². The third-order valence-corrected chi connectivity index (χ3v) is 2.77. The molecule has 3 atom stereocenters. The van der Waals surface area contributed by atoms with Gasteiger partial charge in [-0.1, -0.05) is 13.3 Å². The van der Waals surface area contributed by atoms with E-state index in [1.807, 2.05) is 6.92 Å². The number of aliphatic hydroxyl groups is 1. The molecular weight excluding hydrogens is 196 g/mol. The number of hydrogen-bond acceptors (Lipinski definition) is 4. The van der Waals surface area contributed by atoms with Crippen molar-refractivity contribution in [1.29, 1.82) is 0 Å². The lowest BCUT2D eigenvalue weighted by Crippen LogP contribution is -2.34. The summed E-state index contributed by atoms with van der Waals surface area (Å²) >= 11 is 0. The molecule has 4 heteroatoms. The number of aliphatic hydroxyl groups excluding tert-OH is 1. The molecule has 1 N–H and O–H groups in total. The van der Waals surface area contributed by atoms with Crippen LogP contribution in [-0.4, -0.2) is 43.4 Å². The van der Waals surface area contributed by atoms with Gasteiger partial charge in [0.05, 0.1) is 25.4 Å². The van der Waals surface area contributed by atoms with Crippen molar-refractivity contribution in [3.8, 4) is 0 Å². The van der Waals surface area contributed by atoms with Crippen LogP contribution in [0.5, 0.6) is 0 Å². The van der Waals surface area contributed by atoms with Crippen molar-refractivity contribution in [2.75, 3.05) is 20.3 Å². The molecule has 1 saturated heterocycles. The zero-order chi connectivity index (χ0) is 11.3. The lowest BCUT2D eigenvalue weighted by Gasteiger charge is -2.29. The summed E-state index contributed by atoms with van der Waals surface area (Å²) in [4.78, 5) is 0. The highest BCUT2D eigenvalue weighted by Crippen LogP contribution is 2.21. The molecule has 1 aliphatic rings. The van der Waals surface area contributed by atoms with E-state index in [2.05, 4.69) is 6.92 Å². The Morgan fingerprint density at radius 2 is 2.27 bits per heavy atom. The standard InChI is InChI=1S/C11H22O4/c1-4-5-11(2,13-3)15-8-10-6-9(12)7-14-10/h9-10,12H,4-8H2,1-3H3. The van der Waals surface area contributed by atoms with E-state index in [1.165, 1.54) is 0 Å². The van der Waals surface area contributed by atoms with Crippen molar-refractivity contribution in [3.63, 3.8) is 0 Å². The van der Waals surface area contributed by atoms with E-state index in [1.54, 1.807) is 7.11 Å². The average Bonchev–Trinajstić information content (AvgIpc) is 2.62. The predicted molar refractivity (Wildman–Crippen MR) is 56.6 cm³/mol. The Morgan fingerprint density at radius 3 is 2.73 bits per heavy atom. The molecule has 90 valence electrons. The smallest absolute Gasteiger partial charge is 0.165 e. The Hall–Kier alpha value is -0.160. The van der Waals surface area contributed by atoms with Gasteiger partial charge in [0.15, 0.2) is 5.79 Å². The number of rotatable bonds is 6. The van der Waals surface area contributed by atoms with Crippen molar-refractivity contribution in [3.05, 3.63) is 0 Å². The van der Waals surface area contributed by atoms with Crippen LogP contribution in [0.4, 0.5) is 0 Å². The quantitative estimate of drug-likeness (QED) is 0.683. The van der Waals surface area contributed by atoms with E-state index in [9.17, 15) is 5.11 Å². The average molecular weight is 218 g/mol. The van der Waals surface area contributed by atoms with Crippen molar-refractivity contribution >= 4 is 0 Å². The minimum atomic E-state index is -0.522. The van der Waals surface area contributed by atoms with Crippen LogP contribution in [-0.2, 0) is 14.2 Å². The van der Waals surface area contributed by atoms with E-state index in [-0.39, 0.29) is 12.2 Å². The van der Waals surface area contributed by atoms with E-state index in [0.717, 1.165) is 12.8 Å². The molecule has 3 unspecified atom stereocenters. The Bertz CT molecular complexity index is 185. The maximum absolute atomic E-state index is 9.28. The molecule has 1 heterocycles. The van der Waals surface area contributed by atoms with Crippen LogP contribution in [0.3, 0.4) is 0 Å². The van der Waals surface area contributed by atoms with Crippen molar-refractivity contribution < 1.29 is 19.3 Å². The molecule has 0 aromatic carbocycles. The third kappa shape index (κ3) is 4.07. The molecule has 15 heavy (non-hydrogen) atoms. The summed E-state index contributed by atoms with van der Waals surface area (Å²) in [5.41, 5.74) is 0. The molecule has 0 bridgehead atoms. The molecule has 0 amide bonds. The second-order valence-electron chi connectivity index (χ2n) is 4.24. The van der Waals surface area contributed by atoms with E-state index in [0.29, 0.717) is 19.6 Å². The summed E-state index contributed by atoms with van der Waals surface area (Å²) in [5, 5.41) is 9.28. The van der Waals surface area contributed by atoms with Crippen LogP contribution in [0.2, 0.25) is 0 Å². The molecule has 1 rings (SSSR count). The van der Waals surface area contributed by atoms with Crippen LogP contribution in [0, 0.1) is 0 Å². The van der Waals surface area contributed by atoms with Gasteiger partial charge >= 0.3 is 0 Å². The SMILES string of the molecule is CCCC(C)(OC)OCC1CC(O)CO1. The molecule has 0 aromatic heterocycles. The van der Waals surface area contributed by atoms with Gasteiger partial charge in [0.25, 0.3) is 0 Å². The first-order chi connectivity index (χ1) is 7.09. The Balaban J connectivity index is 2.27. The number of ether oxygens (including phenoxy) is 3. The highest BCUT2D eigenvalue weighted by molar-refractivity contribution is 4.73. The maximum Gasteiger partial charge on any atom is 0.165 e. The van der Waals surface area contributed by atoms with Gasteiger partial charge in [0, 0.05) is 20.0 Å². The summed E-state index contributed by atoms with van der Waals surface area (Å²) in [6.07, 6.45) is 2.20. The van der Waals surface area contributed by atoms with Gasteiger partial charge in [0.2, 0.25) is 0 Å². The Morgan fingerprint density at radius 1 is 1.53 bits per heavy atom. The Labute approximate surface area is 91.5 Å². The monoisotopic (exact) mass is 218 g/mol. The highest BCUT2D eigenvalue weighted by Gasteiger charge is 2.28. The van der Waals surface area contributed by atoms with Crippen LogP contribution >= 0.6 is 0 Å². The molecule has 0 aliphatic carbocycles. The largest absolute Gasteiger partial charge is 0.391 e. The summed E-state index contributed by atoms with van der Waals surface area (Å²) < 4.78 is 16.4. The van der Waals surface area contributed by atoms with E-state index in [4.69, 9.17) is 14.2 Å². The molecule has 0 spiro atoms. The highest BCUT2D eigenvalue weighted by atomic mass is 16.7. The molecule has 0 saturated carbocycles. The van der Waals surface area contributed by atoms with Crippen LogP contribution < -0.4 is 0 Å². The van der Waals surface area contributed by atoms with E-state index < -0.39 is 5.79 Å². The minimum absolute atomic E-state index is 0.00586. The van der Waals surface area contributed by atoms with Crippen LogP contribution in [0.25, 0.3) is 0 Å². The molecule has 0 aromatic rings. The first-order valence-electron chi connectivity index (χ1n) is 5.58. The second-order valence-corrected chi connectivity index (χ2v) is 4.24. The summed E-state index contributed by atoms with van der Waals surface area (Å²) in [6.45, 7) is 4.94. The number of hydrogen-bond donors (Lipinski definition) is 1. The molecule has 0 radical (unpaired) electrons. The van der Waals surface area contributed by atoms with Crippen LogP contribution in [0.1, 0.15) is 33.1 Å². The summed E-state index contributed by atoms with van der Waals surface area (Å²) in [6, 6.07) is 0. The van der Waals surface area contributed by atoms with Gasteiger partial charge in [-0.05, 0) is 6.92 Å². The lowest BCUT2D eigenvalue weighted by atomic mass is 10.1. The fraction of sp³-hybridized carbons (Fsp3) is 1.00. The zero-order valence-corrected chi connectivity index (χ0v) is 9.86. The first kappa shape index (κ1) is 12.9. The maximum atomic E-state index is 9.28. The van der Waals surface area contributed by atoms with Crippen molar-refractivity contribution in [2.45, 2.75) is 51.1 Å². The first-order valence-corrected chi connectivity index (χ1v) is 5.58. The third-order valence-electron chi connectivity index (χ3n) is 2.77. The van der Waals surface area contributed by atoms with E-state index >= 15 is 0 Å². The predicted octanol–water partition coefficient (Wildman–Crippen LogP) is 1.32. The van der Waals surface area contributed by atoms with Crippen molar-refractivity contribution in [1.82, 2.24) is 0 Å². The normalized spacial score (nSPS) is 30.4. The minimum Gasteiger partial charge on any atom is -0.391 e. The molecule has 4 nitrogen and oxygen atoms in total. The lowest BCUT2D eigenvalue weighted by molar-refractivity contribution is -0.225. The van der Waals surface area contributed by atoms with Gasteiger partial charge in [-0.2, -0.15) is 0 Å². The number of methoxy groups -OCH3 is 1. The van der Waals surface area contributed by atoms with Gasteiger partial charge in [-0.15, -0.1) is 0 Å². The topological polar surface area (TPSA) is 47.9 Å². The summed E-state index contributed by atoms with van der Waals surface area (Å²) in [5.74, 6) is -0.522. The fourth-order valence-corrected chi connectivity index (χ4v) is 1.76.